The van der Waals surface area contributed by atoms with Gasteiger partial charge in [0.1, 0.15) is 0 Å². The highest BCUT2D eigenvalue weighted by Gasteiger charge is 2.16. The van der Waals surface area contributed by atoms with Crippen LogP contribution in [0.5, 0.6) is 0 Å². The van der Waals surface area contributed by atoms with E-state index in [-0.39, 0.29) is 0 Å². The van der Waals surface area contributed by atoms with Gasteiger partial charge in [0.05, 0.1) is 16.9 Å². The molecule has 0 atom stereocenters. The number of pyridine rings is 2. The molecule has 0 spiro atoms. The molecule has 9 rings (SSSR count). The van der Waals surface area contributed by atoms with Crippen LogP contribution in [0.4, 0.5) is 0 Å². The molecule has 0 N–H and O–H groups in total. The highest BCUT2D eigenvalue weighted by molar-refractivity contribution is 5.96. The van der Waals surface area contributed by atoms with E-state index >= 15 is 0 Å². The van der Waals surface area contributed by atoms with Gasteiger partial charge < -0.3 is 0 Å². The van der Waals surface area contributed by atoms with Crippen molar-refractivity contribution in [1.82, 2.24) is 19.9 Å². The van der Waals surface area contributed by atoms with Crippen molar-refractivity contribution in [2.75, 3.05) is 0 Å². The third-order valence-corrected chi connectivity index (χ3v) is 9.42. The highest BCUT2D eigenvalue weighted by atomic mass is 14.9. The van der Waals surface area contributed by atoms with Crippen molar-refractivity contribution >= 4 is 10.9 Å². The van der Waals surface area contributed by atoms with E-state index in [1.54, 1.807) is 6.20 Å². The van der Waals surface area contributed by atoms with Gasteiger partial charge in [0.25, 0.3) is 0 Å². The fourth-order valence-electron chi connectivity index (χ4n) is 6.71. The van der Waals surface area contributed by atoms with Crippen molar-refractivity contribution in [2.45, 2.75) is 0 Å². The first kappa shape index (κ1) is 31.0. The molecule has 4 nitrogen and oxygen atoms in total. The van der Waals surface area contributed by atoms with Gasteiger partial charge in [0.15, 0.2) is 5.82 Å². The zero-order chi connectivity index (χ0) is 34.7. The molecule has 6 aromatic carbocycles. The van der Waals surface area contributed by atoms with Crippen molar-refractivity contribution in [2.24, 2.45) is 0 Å². The molecule has 4 heteroatoms. The summed E-state index contributed by atoms with van der Waals surface area (Å²) in [6, 6.07) is 61.1. The Labute approximate surface area is 302 Å². The normalized spacial score (nSPS) is 11.1. The van der Waals surface area contributed by atoms with Gasteiger partial charge in [-0.2, -0.15) is 0 Å². The minimum atomic E-state index is 0.667. The molecular weight excluding hydrogens is 633 g/mol. The lowest BCUT2D eigenvalue weighted by atomic mass is 9.94. The third-order valence-electron chi connectivity index (χ3n) is 9.42. The van der Waals surface area contributed by atoms with Crippen LogP contribution in [-0.4, -0.2) is 19.9 Å². The molecule has 0 aliphatic rings. The van der Waals surface area contributed by atoms with Gasteiger partial charge in [0.2, 0.25) is 0 Å². The van der Waals surface area contributed by atoms with E-state index in [0.29, 0.717) is 5.82 Å². The van der Waals surface area contributed by atoms with Crippen LogP contribution in [0.2, 0.25) is 0 Å². The summed E-state index contributed by atoms with van der Waals surface area (Å²) < 4.78 is 0. The lowest BCUT2D eigenvalue weighted by Gasteiger charge is -2.14. The zero-order valence-corrected chi connectivity index (χ0v) is 28.3. The molecule has 244 valence electrons. The van der Waals surface area contributed by atoms with Gasteiger partial charge in [-0.05, 0) is 81.4 Å². The number of rotatable bonds is 7. The summed E-state index contributed by atoms with van der Waals surface area (Å²) >= 11 is 0. The molecule has 3 heterocycles. The molecule has 52 heavy (non-hydrogen) atoms. The summed E-state index contributed by atoms with van der Waals surface area (Å²) in [4.78, 5) is 19.7. The number of fused-ring (bicyclic) bond motifs is 1. The first-order valence-corrected chi connectivity index (χ1v) is 17.4. The maximum absolute atomic E-state index is 5.29. The van der Waals surface area contributed by atoms with E-state index in [0.717, 1.165) is 83.5 Å². The Morgan fingerprint density at radius 2 is 0.865 bits per heavy atom. The molecule has 3 aromatic heterocycles. The summed E-state index contributed by atoms with van der Waals surface area (Å²) in [7, 11) is 0. The second-order valence-electron chi connectivity index (χ2n) is 12.8. The first-order chi connectivity index (χ1) is 25.7. The van der Waals surface area contributed by atoms with Crippen LogP contribution in [0.3, 0.4) is 0 Å². The SMILES string of the molecule is c1ccc(-c2ccc3c(-c4ccccc4)nc(-c4cc(-c5ccc(-c6cccnc6)cc5)cc(-c5ccc(-c6ccccc6)nc5)c4)nc3c2)cc1. The molecule has 0 amide bonds. The largest absolute Gasteiger partial charge is 0.264 e. The first-order valence-electron chi connectivity index (χ1n) is 17.4. The lowest BCUT2D eigenvalue weighted by molar-refractivity contribution is 1.23. The van der Waals surface area contributed by atoms with Gasteiger partial charge in [-0.3, -0.25) is 9.97 Å². The third kappa shape index (κ3) is 6.26. The molecule has 0 saturated carbocycles. The van der Waals surface area contributed by atoms with Crippen molar-refractivity contribution in [3.63, 3.8) is 0 Å². The molecule has 0 fully saturated rings. The van der Waals surface area contributed by atoms with Crippen molar-refractivity contribution in [1.29, 1.82) is 0 Å². The number of hydrogen-bond acceptors (Lipinski definition) is 4. The van der Waals surface area contributed by atoms with Crippen LogP contribution < -0.4 is 0 Å². The van der Waals surface area contributed by atoms with E-state index in [4.69, 9.17) is 15.0 Å². The fourth-order valence-corrected chi connectivity index (χ4v) is 6.71. The number of benzene rings is 6. The summed E-state index contributed by atoms with van der Waals surface area (Å²) in [5.74, 6) is 0.667. The van der Waals surface area contributed by atoms with Gasteiger partial charge >= 0.3 is 0 Å². The Hall–Kier alpha value is -7.04. The van der Waals surface area contributed by atoms with E-state index < -0.39 is 0 Å². The summed E-state index contributed by atoms with van der Waals surface area (Å²) in [6.07, 6.45) is 5.65. The number of hydrogen-bond donors (Lipinski definition) is 0. The molecule has 0 aliphatic heterocycles. The van der Waals surface area contributed by atoms with Crippen LogP contribution in [-0.2, 0) is 0 Å². The molecule has 0 unspecified atom stereocenters. The van der Waals surface area contributed by atoms with Crippen LogP contribution in [0.25, 0.3) is 89.3 Å². The highest BCUT2D eigenvalue weighted by Crippen LogP contribution is 2.36. The average molecular weight is 665 g/mol. The topological polar surface area (TPSA) is 51.6 Å². The molecule has 0 aliphatic carbocycles. The number of nitrogens with zero attached hydrogens (tertiary/aromatic N) is 4. The summed E-state index contributed by atoms with van der Waals surface area (Å²) in [6.45, 7) is 0. The Morgan fingerprint density at radius 1 is 0.327 bits per heavy atom. The van der Waals surface area contributed by atoms with E-state index in [9.17, 15) is 0 Å². The Morgan fingerprint density at radius 3 is 1.52 bits per heavy atom. The Bertz CT molecular complexity index is 2520. The zero-order valence-electron chi connectivity index (χ0n) is 28.3. The second-order valence-corrected chi connectivity index (χ2v) is 12.8. The predicted molar refractivity (Wildman–Crippen MR) is 213 cm³/mol. The smallest absolute Gasteiger partial charge is 0.160 e. The van der Waals surface area contributed by atoms with E-state index in [1.165, 1.54) is 0 Å². The Kier molecular flexibility index (Phi) is 8.16. The molecule has 0 saturated heterocycles. The Balaban J connectivity index is 1.22. The van der Waals surface area contributed by atoms with Crippen molar-refractivity contribution in [3.05, 3.63) is 195 Å². The van der Waals surface area contributed by atoms with Crippen LogP contribution in [0, 0.1) is 0 Å². The maximum atomic E-state index is 5.29. The van der Waals surface area contributed by atoms with E-state index in [2.05, 4.69) is 145 Å². The van der Waals surface area contributed by atoms with Crippen LogP contribution >= 0.6 is 0 Å². The molecule has 0 radical (unpaired) electrons. The standard InChI is InChI=1S/C48H32N4/c1-4-11-33(12-5-1)38-22-24-44-46(30-38)51-48(52-47(44)37-15-8-3-9-16-37)43-28-41(35-20-18-34(19-21-35)39-17-10-26-49-31-39)27-42(29-43)40-23-25-45(50-32-40)36-13-6-2-7-14-36/h1-32H. The number of aromatic nitrogens is 4. The van der Waals surface area contributed by atoms with Crippen LogP contribution in [0.15, 0.2) is 195 Å². The maximum Gasteiger partial charge on any atom is 0.160 e. The average Bonchev–Trinajstić information content (AvgIpc) is 3.24. The monoisotopic (exact) mass is 664 g/mol. The summed E-state index contributed by atoms with van der Waals surface area (Å²) in [5, 5.41) is 1.01. The minimum absolute atomic E-state index is 0.667. The van der Waals surface area contributed by atoms with E-state index in [1.807, 2.05) is 48.8 Å². The minimum Gasteiger partial charge on any atom is -0.264 e. The van der Waals surface area contributed by atoms with Crippen molar-refractivity contribution < 1.29 is 0 Å². The van der Waals surface area contributed by atoms with Gasteiger partial charge in [-0.1, -0.05) is 133 Å². The van der Waals surface area contributed by atoms with Gasteiger partial charge in [-0.25, -0.2) is 9.97 Å². The van der Waals surface area contributed by atoms with Crippen molar-refractivity contribution in [3.8, 4) is 78.4 Å². The molecule has 9 aromatic rings. The quantitative estimate of drug-likeness (QED) is 0.170. The molecule has 0 bridgehead atoms. The predicted octanol–water partition coefficient (Wildman–Crippen LogP) is 12.1. The summed E-state index contributed by atoms with van der Waals surface area (Å²) in [5.41, 5.74) is 14.5. The fraction of sp³-hybridized carbons (Fsp3) is 0. The van der Waals surface area contributed by atoms with Gasteiger partial charge in [0, 0.05) is 46.2 Å². The van der Waals surface area contributed by atoms with Gasteiger partial charge in [-0.15, -0.1) is 0 Å². The molecular formula is C48H32N4. The lowest BCUT2D eigenvalue weighted by Crippen LogP contribution is -1.97. The second kappa shape index (κ2) is 13.7. The van der Waals surface area contributed by atoms with Crippen LogP contribution in [0.1, 0.15) is 0 Å².